The maximum Gasteiger partial charge on any atom is 0.260 e. The standard InChI is InChI=1S/C18H22N2O2S/c1-14(22-16-5-7-17(23-2)8-6-16)18(21)20-11-3-4-15-9-12-19-13-10-15/h5-10,12-14H,3-4,11H2,1-2H3,(H,20,21). The molecule has 0 saturated carbocycles. The molecule has 1 N–H and O–H groups in total. The second kappa shape index (κ2) is 9.20. The Morgan fingerprint density at radius 2 is 1.91 bits per heavy atom. The molecule has 0 aliphatic rings. The number of nitrogens with zero attached hydrogens (tertiary/aromatic N) is 1. The first-order valence-electron chi connectivity index (χ1n) is 7.66. The molecule has 0 radical (unpaired) electrons. The molecule has 23 heavy (non-hydrogen) atoms. The Kier molecular flexibility index (Phi) is 6.94. The van der Waals surface area contributed by atoms with Gasteiger partial charge in [0.25, 0.3) is 5.91 Å². The number of pyridine rings is 1. The van der Waals surface area contributed by atoms with Gasteiger partial charge in [0, 0.05) is 23.8 Å². The highest BCUT2D eigenvalue weighted by atomic mass is 32.2. The van der Waals surface area contributed by atoms with Gasteiger partial charge < -0.3 is 10.1 Å². The third kappa shape index (κ3) is 5.94. The molecule has 0 spiro atoms. The van der Waals surface area contributed by atoms with Crippen molar-refractivity contribution >= 4 is 17.7 Å². The molecule has 0 fully saturated rings. The van der Waals surface area contributed by atoms with E-state index in [1.54, 1.807) is 31.1 Å². The van der Waals surface area contributed by atoms with Crippen molar-refractivity contribution in [1.29, 1.82) is 0 Å². The second-order valence-corrected chi connectivity index (χ2v) is 6.07. The smallest absolute Gasteiger partial charge is 0.260 e. The first-order chi connectivity index (χ1) is 11.2. The number of aromatic nitrogens is 1. The molecule has 1 aromatic heterocycles. The summed E-state index contributed by atoms with van der Waals surface area (Å²) in [6.45, 7) is 2.40. The minimum absolute atomic E-state index is 0.0892. The highest BCUT2D eigenvalue weighted by Crippen LogP contribution is 2.19. The molecule has 0 saturated heterocycles. The quantitative estimate of drug-likeness (QED) is 0.596. The van der Waals surface area contributed by atoms with Crippen LogP contribution in [0.15, 0.2) is 53.7 Å². The van der Waals surface area contributed by atoms with Gasteiger partial charge in [-0.25, -0.2) is 0 Å². The number of ether oxygens (including phenoxy) is 1. The number of rotatable bonds is 8. The molecule has 1 heterocycles. The van der Waals surface area contributed by atoms with Crippen molar-refractivity contribution in [2.24, 2.45) is 0 Å². The van der Waals surface area contributed by atoms with E-state index >= 15 is 0 Å². The number of aryl methyl sites for hydroxylation is 1. The Hall–Kier alpha value is -2.01. The number of nitrogens with one attached hydrogen (secondary N) is 1. The van der Waals surface area contributed by atoms with Crippen LogP contribution < -0.4 is 10.1 Å². The molecule has 1 unspecified atom stereocenters. The summed E-state index contributed by atoms with van der Waals surface area (Å²) in [5, 5.41) is 2.91. The van der Waals surface area contributed by atoms with Gasteiger partial charge in [0.05, 0.1) is 0 Å². The van der Waals surface area contributed by atoms with Gasteiger partial charge in [-0.1, -0.05) is 0 Å². The molecule has 4 nitrogen and oxygen atoms in total. The molecule has 1 aromatic carbocycles. The highest BCUT2D eigenvalue weighted by Gasteiger charge is 2.13. The van der Waals surface area contributed by atoms with Crippen LogP contribution in [0.4, 0.5) is 0 Å². The number of hydrogen-bond donors (Lipinski definition) is 1. The van der Waals surface area contributed by atoms with Gasteiger partial charge in [0.2, 0.25) is 0 Å². The maximum absolute atomic E-state index is 12.0. The lowest BCUT2D eigenvalue weighted by Gasteiger charge is -2.15. The van der Waals surface area contributed by atoms with Crippen LogP contribution in [-0.2, 0) is 11.2 Å². The summed E-state index contributed by atoms with van der Waals surface area (Å²) in [5.41, 5.74) is 1.23. The van der Waals surface area contributed by atoms with Crippen LogP contribution in [0.2, 0.25) is 0 Å². The van der Waals surface area contributed by atoms with Gasteiger partial charge in [-0.2, -0.15) is 0 Å². The Bertz CT molecular complexity index is 602. The fourth-order valence-electron chi connectivity index (χ4n) is 2.11. The third-order valence-corrected chi connectivity index (χ3v) is 4.18. The van der Waals surface area contributed by atoms with E-state index in [0.29, 0.717) is 12.3 Å². The van der Waals surface area contributed by atoms with Crippen molar-refractivity contribution in [2.45, 2.75) is 30.8 Å². The van der Waals surface area contributed by atoms with E-state index in [1.807, 2.05) is 42.7 Å². The topological polar surface area (TPSA) is 51.2 Å². The fraction of sp³-hybridized carbons (Fsp3) is 0.333. The number of thioether (sulfide) groups is 1. The monoisotopic (exact) mass is 330 g/mol. The predicted molar refractivity (Wildman–Crippen MR) is 93.9 cm³/mol. The Morgan fingerprint density at radius 1 is 1.22 bits per heavy atom. The molecule has 0 bridgehead atoms. The molecule has 2 aromatic rings. The van der Waals surface area contributed by atoms with Gasteiger partial charge >= 0.3 is 0 Å². The maximum atomic E-state index is 12.0. The van der Waals surface area contributed by atoms with E-state index in [9.17, 15) is 4.79 Å². The summed E-state index contributed by atoms with van der Waals surface area (Å²) in [6.07, 6.45) is 6.91. The van der Waals surface area contributed by atoms with Crippen molar-refractivity contribution in [3.05, 3.63) is 54.4 Å². The number of benzene rings is 1. The zero-order valence-electron chi connectivity index (χ0n) is 13.5. The Labute approximate surface area is 141 Å². The zero-order chi connectivity index (χ0) is 16.5. The molecule has 1 atom stereocenters. The van der Waals surface area contributed by atoms with Crippen LogP contribution in [0, 0.1) is 0 Å². The largest absolute Gasteiger partial charge is 0.481 e. The highest BCUT2D eigenvalue weighted by molar-refractivity contribution is 7.98. The first-order valence-corrected chi connectivity index (χ1v) is 8.89. The van der Waals surface area contributed by atoms with Crippen molar-refractivity contribution in [1.82, 2.24) is 10.3 Å². The number of carbonyl (C=O) groups excluding carboxylic acids is 1. The van der Waals surface area contributed by atoms with E-state index in [4.69, 9.17) is 4.74 Å². The van der Waals surface area contributed by atoms with Crippen LogP contribution in [0.1, 0.15) is 18.9 Å². The van der Waals surface area contributed by atoms with Crippen molar-refractivity contribution in [3.8, 4) is 5.75 Å². The third-order valence-electron chi connectivity index (χ3n) is 3.43. The van der Waals surface area contributed by atoms with Crippen LogP contribution in [0.25, 0.3) is 0 Å². The molecule has 5 heteroatoms. The van der Waals surface area contributed by atoms with Gasteiger partial charge in [0.1, 0.15) is 5.75 Å². The minimum Gasteiger partial charge on any atom is -0.481 e. The molecule has 1 amide bonds. The van der Waals surface area contributed by atoms with E-state index in [1.165, 1.54) is 10.5 Å². The first kappa shape index (κ1) is 17.3. The number of amides is 1. The average Bonchev–Trinajstić information content (AvgIpc) is 2.60. The van der Waals surface area contributed by atoms with E-state index in [-0.39, 0.29) is 5.91 Å². The summed E-state index contributed by atoms with van der Waals surface area (Å²) in [6, 6.07) is 11.7. The zero-order valence-corrected chi connectivity index (χ0v) is 14.3. The fourth-order valence-corrected chi connectivity index (χ4v) is 2.52. The lowest BCUT2D eigenvalue weighted by Crippen LogP contribution is -2.36. The minimum atomic E-state index is -0.504. The SMILES string of the molecule is CSc1ccc(OC(C)C(=O)NCCCc2ccncc2)cc1. The summed E-state index contributed by atoms with van der Waals surface area (Å²) in [4.78, 5) is 17.2. The molecule has 122 valence electrons. The van der Waals surface area contributed by atoms with Gasteiger partial charge in [-0.3, -0.25) is 9.78 Å². The van der Waals surface area contributed by atoms with Crippen LogP contribution in [0.5, 0.6) is 5.75 Å². The summed E-state index contributed by atoms with van der Waals surface area (Å²) in [5.74, 6) is 0.621. The predicted octanol–water partition coefficient (Wildman–Crippen LogP) is 3.32. The average molecular weight is 330 g/mol. The number of hydrogen-bond acceptors (Lipinski definition) is 4. The van der Waals surface area contributed by atoms with Crippen LogP contribution in [0.3, 0.4) is 0 Å². The Morgan fingerprint density at radius 3 is 2.57 bits per heavy atom. The van der Waals surface area contributed by atoms with E-state index < -0.39 is 6.10 Å². The second-order valence-electron chi connectivity index (χ2n) is 5.19. The van der Waals surface area contributed by atoms with Gasteiger partial charge in [0.15, 0.2) is 6.10 Å². The summed E-state index contributed by atoms with van der Waals surface area (Å²) < 4.78 is 5.66. The molecule has 2 rings (SSSR count). The van der Waals surface area contributed by atoms with Crippen molar-refractivity contribution in [2.75, 3.05) is 12.8 Å². The van der Waals surface area contributed by atoms with Gasteiger partial charge in [-0.15, -0.1) is 11.8 Å². The number of carbonyl (C=O) groups is 1. The van der Waals surface area contributed by atoms with Crippen molar-refractivity contribution < 1.29 is 9.53 Å². The van der Waals surface area contributed by atoms with Crippen LogP contribution in [-0.4, -0.2) is 29.8 Å². The van der Waals surface area contributed by atoms with Crippen LogP contribution >= 0.6 is 11.8 Å². The lowest BCUT2D eigenvalue weighted by molar-refractivity contribution is -0.127. The Balaban J connectivity index is 1.69. The summed E-state index contributed by atoms with van der Waals surface area (Å²) in [7, 11) is 0. The van der Waals surface area contributed by atoms with E-state index in [0.717, 1.165) is 12.8 Å². The molecule has 0 aliphatic heterocycles. The normalized spacial score (nSPS) is 11.7. The molecule has 0 aliphatic carbocycles. The summed E-state index contributed by atoms with van der Waals surface area (Å²) >= 11 is 1.68. The van der Waals surface area contributed by atoms with Crippen molar-refractivity contribution in [3.63, 3.8) is 0 Å². The van der Waals surface area contributed by atoms with E-state index in [2.05, 4.69) is 10.3 Å². The molecular weight excluding hydrogens is 308 g/mol. The molecular formula is C18H22N2O2S. The lowest BCUT2D eigenvalue weighted by atomic mass is 10.1. The van der Waals surface area contributed by atoms with Gasteiger partial charge in [-0.05, 0) is 68.0 Å².